The molecule has 1 N–H and O–H groups in total. The van der Waals surface area contributed by atoms with Crippen LogP contribution in [0.3, 0.4) is 0 Å². The number of pyridine rings is 1. The van der Waals surface area contributed by atoms with Crippen molar-refractivity contribution in [3.8, 4) is 0 Å². The third kappa shape index (κ3) is 1.55. The van der Waals surface area contributed by atoms with Gasteiger partial charge in [-0.2, -0.15) is 0 Å². The number of thiophene rings is 1. The van der Waals surface area contributed by atoms with Crippen molar-refractivity contribution in [1.29, 1.82) is 0 Å². The van der Waals surface area contributed by atoms with Crippen LogP contribution in [0.2, 0.25) is 0 Å². The molecule has 2 heterocycles. The summed E-state index contributed by atoms with van der Waals surface area (Å²) in [5, 5.41) is 1.63. The zero-order valence-electron chi connectivity index (χ0n) is 8.29. The molecule has 0 radical (unpaired) electrons. The number of aromatic nitrogens is 1. The molecule has 0 fully saturated rings. The lowest BCUT2D eigenvalue weighted by atomic mass is 10.2. The van der Waals surface area contributed by atoms with Gasteiger partial charge in [-0.3, -0.25) is 4.79 Å². The predicted molar refractivity (Wildman–Crippen MR) is 58.5 cm³/mol. The summed E-state index contributed by atoms with van der Waals surface area (Å²) in [6.07, 6.45) is 0. The molecule has 5 heteroatoms. The van der Waals surface area contributed by atoms with Crippen molar-refractivity contribution in [1.82, 2.24) is 4.98 Å². The Balaban J connectivity index is 2.80. The molecule has 0 aliphatic carbocycles. The second-order valence-corrected chi connectivity index (χ2v) is 4.04. The number of rotatable bonds is 1. The van der Waals surface area contributed by atoms with Gasteiger partial charge in [0.1, 0.15) is 0 Å². The van der Waals surface area contributed by atoms with Crippen LogP contribution in [0.4, 0.5) is 0 Å². The summed E-state index contributed by atoms with van der Waals surface area (Å²) in [6, 6.07) is 1.51. The van der Waals surface area contributed by atoms with Crippen LogP contribution < -0.4 is 5.43 Å². The van der Waals surface area contributed by atoms with E-state index in [9.17, 15) is 9.59 Å². The van der Waals surface area contributed by atoms with Gasteiger partial charge in [0.2, 0.25) is 0 Å². The number of ether oxygens (including phenoxy) is 1. The molecule has 2 aromatic heterocycles. The molecule has 78 valence electrons. The number of nitrogens with one attached hydrogen (secondary N) is 1. The maximum Gasteiger partial charge on any atom is 0.340 e. The monoisotopic (exact) mass is 223 g/mol. The third-order valence-electron chi connectivity index (χ3n) is 2.09. The zero-order valence-corrected chi connectivity index (χ0v) is 9.10. The van der Waals surface area contributed by atoms with E-state index in [2.05, 4.69) is 9.72 Å². The lowest BCUT2D eigenvalue weighted by Crippen LogP contribution is -2.04. The van der Waals surface area contributed by atoms with E-state index in [0.29, 0.717) is 15.8 Å². The highest BCUT2D eigenvalue weighted by atomic mass is 32.1. The quantitative estimate of drug-likeness (QED) is 0.748. The van der Waals surface area contributed by atoms with Crippen molar-refractivity contribution in [2.24, 2.45) is 0 Å². The van der Waals surface area contributed by atoms with Gasteiger partial charge in [-0.25, -0.2) is 4.79 Å². The Kier molecular flexibility index (Phi) is 2.32. The van der Waals surface area contributed by atoms with Gasteiger partial charge < -0.3 is 9.72 Å². The average Bonchev–Trinajstić information content (AvgIpc) is 2.60. The fourth-order valence-electron chi connectivity index (χ4n) is 1.42. The average molecular weight is 223 g/mol. The summed E-state index contributed by atoms with van der Waals surface area (Å²) in [7, 11) is 1.32. The highest BCUT2D eigenvalue weighted by Gasteiger charge is 2.14. The second kappa shape index (κ2) is 3.51. The maximum atomic E-state index is 11.6. The Bertz CT molecular complexity index is 582. The smallest absolute Gasteiger partial charge is 0.340 e. The number of esters is 1. The van der Waals surface area contributed by atoms with Gasteiger partial charge in [-0.05, 0) is 6.92 Å². The first-order chi connectivity index (χ1) is 7.13. The molecule has 15 heavy (non-hydrogen) atoms. The van der Waals surface area contributed by atoms with Crippen molar-refractivity contribution in [2.75, 3.05) is 7.11 Å². The van der Waals surface area contributed by atoms with E-state index in [1.165, 1.54) is 24.5 Å². The first-order valence-corrected chi connectivity index (χ1v) is 5.21. The van der Waals surface area contributed by atoms with Gasteiger partial charge in [0, 0.05) is 17.1 Å². The summed E-state index contributed by atoms with van der Waals surface area (Å²) in [4.78, 5) is 25.9. The molecule has 0 bridgehead atoms. The standard InChI is InChI=1S/C10H9NO3S/c1-5-3-7(12)9-8(11-5)6(4-15-9)10(13)14-2/h3-4H,1-2H3,(H,11,12). The lowest BCUT2D eigenvalue weighted by Gasteiger charge is -1.98. The van der Waals surface area contributed by atoms with Crippen LogP contribution in [-0.4, -0.2) is 18.1 Å². The van der Waals surface area contributed by atoms with Crippen LogP contribution >= 0.6 is 11.3 Å². The minimum absolute atomic E-state index is 0.0681. The topological polar surface area (TPSA) is 59.2 Å². The number of carbonyl (C=O) groups is 1. The minimum atomic E-state index is -0.428. The number of fused-ring (bicyclic) bond motifs is 1. The summed E-state index contributed by atoms with van der Waals surface area (Å²) in [6.45, 7) is 1.78. The van der Waals surface area contributed by atoms with E-state index in [4.69, 9.17) is 0 Å². The lowest BCUT2D eigenvalue weighted by molar-refractivity contribution is 0.0603. The summed E-state index contributed by atoms with van der Waals surface area (Å²) >= 11 is 1.25. The molecule has 0 aliphatic heterocycles. The molecular formula is C10H9NO3S. The third-order valence-corrected chi connectivity index (χ3v) is 3.08. The highest BCUT2D eigenvalue weighted by Crippen LogP contribution is 2.21. The number of aryl methyl sites for hydroxylation is 1. The van der Waals surface area contributed by atoms with Crippen LogP contribution in [-0.2, 0) is 4.74 Å². The molecule has 0 saturated carbocycles. The largest absolute Gasteiger partial charge is 0.465 e. The molecule has 0 aromatic carbocycles. The van der Waals surface area contributed by atoms with E-state index < -0.39 is 5.97 Å². The van der Waals surface area contributed by atoms with Crippen molar-refractivity contribution in [3.05, 3.63) is 32.9 Å². The Morgan fingerprint density at radius 1 is 1.53 bits per heavy atom. The fourth-order valence-corrected chi connectivity index (χ4v) is 2.32. The van der Waals surface area contributed by atoms with Crippen LogP contribution in [0.1, 0.15) is 16.1 Å². The molecule has 0 amide bonds. The molecule has 2 rings (SSSR count). The maximum absolute atomic E-state index is 11.6. The van der Waals surface area contributed by atoms with Crippen molar-refractivity contribution >= 4 is 27.5 Å². The number of aromatic amines is 1. The SMILES string of the molecule is COC(=O)c1csc2c(=O)cc(C)[nH]c12. The highest BCUT2D eigenvalue weighted by molar-refractivity contribution is 7.17. The van der Waals surface area contributed by atoms with Crippen LogP contribution in [0.5, 0.6) is 0 Å². The number of hydrogen-bond donors (Lipinski definition) is 1. The Morgan fingerprint density at radius 2 is 2.27 bits per heavy atom. The normalized spacial score (nSPS) is 10.5. The van der Waals surface area contributed by atoms with E-state index in [-0.39, 0.29) is 5.43 Å². The van der Waals surface area contributed by atoms with E-state index in [0.717, 1.165) is 5.69 Å². The van der Waals surface area contributed by atoms with Gasteiger partial charge in [-0.15, -0.1) is 11.3 Å². The Hall–Kier alpha value is -1.62. The Labute approximate surface area is 89.5 Å². The first-order valence-electron chi connectivity index (χ1n) is 4.33. The van der Waals surface area contributed by atoms with Gasteiger partial charge in [0.15, 0.2) is 5.43 Å². The molecule has 0 aliphatic rings. The predicted octanol–water partition coefficient (Wildman–Crippen LogP) is 1.68. The molecule has 0 spiro atoms. The van der Waals surface area contributed by atoms with Gasteiger partial charge in [-0.1, -0.05) is 0 Å². The molecule has 2 aromatic rings. The number of carbonyl (C=O) groups excluding carboxylic acids is 1. The van der Waals surface area contributed by atoms with Crippen molar-refractivity contribution in [3.63, 3.8) is 0 Å². The van der Waals surface area contributed by atoms with Crippen molar-refractivity contribution < 1.29 is 9.53 Å². The first kappa shape index (κ1) is 9.92. The molecule has 0 atom stereocenters. The molecular weight excluding hydrogens is 214 g/mol. The molecule has 0 unspecified atom stereocenters. The molecule has 0 saturated heterocycles. The van der Waals surface area contributed by atoms with Crippen LogP contribution in [0.25, 0.3) is 10.2 Å². The Morgan fingerprint density at radius 3 is 2.93 bits per heavy atom. The summed E-state index contributed by atoms with van der Waals surface area (Å²) < 4.78 is 5.18. The summed E-state index contributed by atoms with van der Waals surface area (Å²) in [5.41, 5.74) is 1.65. The zero-order chi connectivity index (χ0) is 11.0. The van der Waals surface area contributed by atoms with Crippen LogP contribution in [0.15, 0.2) is 16.2 Å². The van der Waals surface area contributed by atoms with Gasteiger partial charge >= 0.3 is 5.97 Å². The van der Waals surface area contributed by atoms with Crippen molar-refractivity contribution in [2.45, 2.75) is 6.92 Å². The number of H-pyrrole nitrogens is 1. The minimum Gasteiger partial charge on any atom is -0.465 e. The number of hydrogen-bond acceptors (Lipinski definition) is 4. The number of methoxy groups -OCH3 is 1. The molecule has 4 nitrogen and oxygen atoms in total. The second-order valence-electron chi connectivity index (χ2n) is 3.16. The van der Waals surface area contributed by atoms with Gasteiger partial charge in [0.05, 0.1) is 22.9 Å². The summed E-state index contributed by atoms with van der Waals surface area (Å²) in [5.74, 6) is -0.428. The van der Waals surface area contributed by atoms with Gasteiger partial charge in [0.25, 0.3) is 0 Å². The van der Waals surface area contributed by atoms with Crippen LogP contribution in [0, 0.1) is 6.92 Å². The van der Waals surface area contributed by atoms with E-state index in [1.54, 1.807) is 12.3 Å². The fraction of sp³-hybridized carbons (Fsp3) is 0.200. The van der Waals surface area contributed by atoms with E-state index in [1.807, 2.05) is 0 Å². The van der Waals surface area contributed by atoms with E-state index >= 15 is 0 Å².